The second kappa shape index (κ2) is 7.36. The number of halogens is 3. The van der Waals surface area contributed by atoms with Crippen LogP contribution in [0, 0.1) is 13.8 Å². The van der Waals surface area contributed by atoms with Crippen LogP contribution in [-0.2, 0) is 0 Å². The number of ether oxygens (including phenoxy) is 1. The van der Waals surface area contributed by atoms with E-state index in [1.54, 1.807) is 17.4 Å². The van der Waals surface area contributed by atoms with Gasteiger partial charge in [-0.1, -0.05) is 23.4 Å². The van der Waals surface area contributed by atoms with Crippen LogP contribution in [0.25, 0.3) is 34.0 Å². The van der Waals surface area contributed by atoms with Crippen LogP contribution in [0.2, 0.25) is 0 Å². The molecule has 4 rings (SSSR count). The third-order valence-corrected chi connectivity index (χ3v) is 5.26. The molecule has 2 aromatic heterocycles. The largest absolute Gasteiger partial charge is 0.573 e. The van der Waals surface area contributed by atoms with Crippen LogP contribution in [0.5, 0.6) is 5.75 Å². The lowest BCUT2D eigenvalue weighted by atomic mass is 9.98. The molecule has 0 aliphatic rings. The maximum Gasteiger partial charge on any atom is 0.573 e. The molecule has 148 valence electrons. The molecule has 0 bridgehead atoms. The van der Waals surface area contributed by atoms with E-state index < -0.39 is 6.36 Å². The van der Waals surface area contributed by atoms with Gasteiger partial charge in [-0.25, -0.2) is 0 Å². The molecule has 8 heteroatoms. The Morgan fingerprint density at radius 3 is 2.41 bits per heavy atom. The molecule has 0 amide bonds. The fraction of sp³-hybridized carbons (Fsp3) is 0.143. The van der Waals surface area contributed by atoms with Crippen LogP contribution in [0.3, 0.4) is 0 Å². The molecule has 0 unspecified atom stereocenters. The van der Waals surface area contributed by atoms with Gasteiger partial charge >= 0.3 is 6.36 Å². The van der Waals surface area contributed by atoms with E-state index >= 15 is 0 Å². The Hall–Kier alpha value is -3.13. The van der Waals surface area contributed by atoms with Crippen molar-refractivity contribution in [3.63, 3.8) is 0 Å². The maximum atomic E-state index is 12.6. The number of aryl methyl sites for hydroxylation is 2. The second-order valence-electron chi connectivity index (χ2n) is 6.47. The number of para-hydroxylation sites is 1. The summed E-state index contributed by atoms with van der Waals surface area (Å²) in [5.74, 6) is -0.138. The van der Waals surface area contributed by atoms with Gasteiger partial charge in [-0.3, -0.25) is 0 Å². The molecule has 29 heavy (non-hydrogen) atoms. The number of hydrogen-bond acceptors (Lipinski definition) is 5. The predicted octanol–water partition coefficient (Wildman–Crippen LogP) is 6.65. The fourth-order valence-electron chi connectivity index (χ4n) is 3.05. The zero-order valence-electron chi connectivity index (χ0n) is 15.4. The lowest BCUT2D eigenvalue weighted by Crippen LogP contribution is -2.17. The molecule has 0 spiro atoms. The van der Waals surface area contributed by atoms with E-state index in [1.807, 2.05) is 25.1 Å². The number of aromatic nitrogens is 2. The Balaban J connectivity index is 1.67. The number of rotatable bonds is 4. The van der Waals surface area contributed by atoms with Crippen molar-refractivity contribution in [1.29, 1.82) is 0 Å². The van der Waals surface area contributed by atoms with Crippen LogP contribution < -0.4 is 4.74 Å². The van der Waals surface area contributed by atoms with Crippen LogP contribution in [0.4, 0.5) is 13.2 Å². The first-order chi connectivity index (χ1) is 13.8. The molecule has 0 aliphatic heterocycles. The van der Waals surface area contributed by atoms with Crippen LogP contribution in [0.1, 0.15) is 11.1 Å². The summed E-state index contributed by atoms with van der Waals surface area (Å²) in [5.41, 5.74) is 5.30. The summed E-state index contributed by atoms with van der Waals surface area (Å²) in [7, 11) is 0. The molecule has 0 N–H and O–H groups in total. The van der Waals surface area contributed by atoms with E-state index in [1.165, 1.54) is 29.3 Å². The van der Waals surface area contributed by atoms with Crippen molar-refractivity contribution in [2.75, 3.05) is 0 Å². The standard InChI is InChI=1S/C21H15F3N2O2S/c1-12-9-14(7-8-15(12)17-11-29-10-13(17)2)20-25-19(26-28-20)16-5-3-4-6-18(16)27-21(22,23)24/h3-11H,1-2H3. The summed E-state index contributed by atoms with van der Waals surface area (Å²) in [6.07, 6.45) is -4.81. The van der Waals surface area contributed by atoms with Gasteiger partial charge in [0, 0.05) is 5.56 Å². The monoisotopic (exact) mass is 416 g/mol. The Bertz CT molecular complexity index is 1160. The van der Waals surface area contributed by atoms with Gasteiger partial charge in [0.1, 0.15) is 5.75 Å². The molecule has 0 saturated heterocycles. The molecule has 0 radical (unpaired) electrons. The third-order valence-electron chi connectivity index (χ3n) is 4.40. The van der Waals surface area contributed by atoms with Crippen molar-refractivity contribution >= 4 is 11.3 Å². The van der Waals surface area contributed by atoms with Gasteiger partial charge in [0.25, 0.3) is 5.89 Å². The SMILES string of the molecule is Cc1cc(-c2nc(-c3ccccc3OC(F)(F)F)no2)ccc1-c1cscc1C. The minimum atomic E-state index is -4.81. The first kappa shape index (κ1) is 19.2. The molecule has 0 saturated carbocycles. The summed E-state index contributed by atoms with van der Waals surface area (Å²) >= 11 is 1.64. The van der Waals surface area contributed by atoms with Crippen molar-refractivity contribution in [2.45, 2.75) is 20.2 Å². The lowest BCUT2D eigenvalue weighted by Gasteiger charge is -2.10. The summed E-state index contributed by atoms with van der Waals surface area (Å²) in [6.45, 7) is 4.05. The first-order valence-corrected chi connectivity index (χ1v) is 9.59. The molecule has 4 nitrogen and oxygen atoms in total. The zero-order valence-corrected chi connectivity index (χ0v) is 16.3. The zero-order chi connectivity index (χ0) is 20.6. The number of benzene rings is 2. The summed E-state index contributed by atoms with van der Waals surface area (Å²) in [6, 6.07) is 11.4. The number of alkyl halides is 3. The van der Waals surface area contributed by atoms with E-state index in [0.29, 0.717) is 5.56 Å². The highest BCUT2D eigenvalue weighted by atomic mass is 32.1. The quantitative estimate of drug-likeness (QED) is 0.374. The molecular formula is C21H15F3N2O2S. The van der Waals surface area contributed by atoms with Gasteiger partial charge in [-0.15, -0.1) is 13.2 Å². The van der Waals surface area contributed by atoms with Crippen molar-refractivity contribution in [3.8, 4) is 39.7 Å². The van der Waals surface area contributed by atoms with Gasteiger partial charge in [-0.05, 0) is 71.1 Å². The van der Waals surface area contributed by atoms with E-state index in [0.717, 1.165) is 11.1 Å². The molecule has 4 aromatic rings. The summed E-state index contributed by atoms with van der Waals surface area (Å²) in [4.78, 5) is 4.27. The van der Waals surface area contributed by atoms with E-state index in [-0.39, 0.29) is 23.0 Å². The summed E-state index contributed by atoms with van der Waals surface area (Å²) in [5, 5.41) is 8.03. The Labute approximate surface area is 168 Å². The Morgan fingerprint density at radius 2 is 1.72 bits per heavy atom. The van der Waals surface area contributed by atoms with Gasteiger partial charge in [0.2, 0.25) is 5.82 Å². The average molecular weight is 416 g/mol. The minimum absolute atomic E-state index is 0.0234. The van der Waals surface area contributed by atoms with E-state index in [4.69, 9.17) is 4.52 Å². The van der Waals surface area contributed by atoms with Gasteiger partial charge in [0.15, 0.2) is 0 Å². The normalized spacial score (nSPS) is 11.6. The highest BCUT2D eigenvalue weighted by Gasteiger charge is 2.32. The predicted molar refractivity (Wildman–Crippen MR) is 105 cm³/mol. The van der Waals surface area contributed by atoms with Crippen molar-refractivity contribution in [3.05, 3.63) is 64.4 Å². The van der Waals surface area contributed by atoms with Crippen molar-refractivity contribution < 1.29 is 22.4 Å². The molecule has 0 aliphatic carbocycles. The van der Waals surface area contributed by atoms with Crippen molar-refractivity contribution in [1.82, 2.24) is 10.1 Å². The first-order valence-electron chi connectivity index (χ1n) is 8.65. The lowest BCUT2D eigenvalue weighted by molar-refractivity contribution is -0.274. The molecule has 2 aromatic carbocycles. The van der Waals surface area contributed by atoms with Crippen LogP contribution in [0.15, 0.2) is 57.7 Å². The van der Waals surface area contributed by atoms with Gasteiger partial charge in [0.05, 0.1) is 5.56 Å². The number of hydrogen-bond donors (Lipinski definition) is 0. The maximum absolute atomic E-state index is 12.6. The Morgan fingerprint density at radius 1 is 0.931 bits per heavy atom. The molecule has 2 heterocycles. The Kier molecular flexibility index (Phi) is 4.87. The molecular weight excluding hydrogens is 401 g/mol. The number of thiophene rings is 1. The van der Waals surface area contributed by atoms with E-state index in [9.17, 15) is 13.2 Å². The fourth-order valence-corrected chi connectivity index (χ4v) is 3.90. The van der Waals surface area contributed by atoms with Gasteiger partial charge < -0.3 is 9.26 Å². The third kappa shape index (κ3) is 4.02. The molecule has 0 atom stereocenters. The van der Waals surface area contributed by atoms with Crippen molar-refractivity contribution in [2.24, 2.45) is 0 Å². The van der Waals surface area contributed by atoms with E-state index in [2.05, 4.69) is 32.6 Å². The molecule has 0 fully saturated rings. The smallest absolute Gasteiger partial charge is 0.405 e. The highest BCUT2D eigenvalue weighted by Crippen LogP contribution is 2.35. The highest BCUT2D eigenvalue weighted by molar-refractivity contribution is 7.08. The topological polar surface area (TPSA) is 48.2 Å². The summed E-state index contributed by atoms with van der Waals surface area (Å²) < 4.78 is 47.3. The number of nitrogens with zero attached hydrogens (tertiary/aromatic N) is 2. The average Bonchev–Trinajstić information content (AvgIpc) is 3.30. The van der Waals surface area contributed by atoms with Crippen LogP contribution >= 0.6 is 11.3 Å². The van der Waals surface area contributed by atoms with Crippen LogP contribution in [-0.4, -0.2) is 16.5 Å². The van der Waals surface area contributed by atoms with Gasteiger partial charge in [-0.2, -0.15) is 16.3 Å². The second-order valence-corrected chi connectivity index (χ2v) is 7.21. The minimum Gasteiger partial charge on any atom is -0.405 e.